The first-order valence-corrected chi connectivity index (χ1v) is 6.85. The molecular weight excluding hydrogens is 323 g/mol. The fraction of sp³-hybridized carbons (Fsp3) is 0.909. The first-order valence-electron chi connectivity index (χ1n) is 5.99. The summed E-state index contributed by atoms with van der Waals surface area (Å²) in [6.07, 6.45) is 6.74. The molecule has 2 saturated heterocycles. The van der Waals surface area contributed by atoms with Crippen molar-refractivity contribution in [3.8, 4) is 0 Å². The molecule has 0 N–H and O–H groups in total. The minimum Gasteiger partial charge on any atom is -0.358 e. The molecule has 0 amide bonds. The predicted molar refractivity (Wildman–Crippen MR) is 71.6 cm³/mol. The summed E-state index contributed by atoms with van der Waals surface area (Å²) >= 11 is 9.33. The van der Waals surface area contributed by atoms with Gasteiger partial charge in [-0.25, -0.2) is 0 Å². The maximum atomic E-state index is 5.09. The molecule has 1 radical (unpaired) electrons. The minimum absolute atomic E-state index is 0. The van der Waals surface area contributed by atoms with Gasteiger partial charge >= 0.3 is 0 Å². The minimum atomic E-state index is 0. The summed E-state index contributed by atoms with van der Waals surface area (Å²) in [6.45, 7) is 4.83. The van der Waals surface area contributed by atoms with Crippen LogP contribution in [0.1, 0.15) is 32.1 Å². The van der Waals surface area contributed by atoms with Crippen molar-refractivity contribution in [1.82, 2.24) is 9.80 Å². The van der Waals surface area contributed by atoms with Gasteiger partial charge in [-0.05, 0) is 38.8 Å². The van der Waals surface area contributed by atoms with Crippen LogP contribution in [0.2, 0.25) is 0 Å². The zero-order valence-corrected chi connectivity index (χ0v) is 13.1. The zero-order valence-electron chi connectivity index (χ0n) is 9.57. The van der Waals surface area contributed by atoms with Gasteiger partial charge in [-0.1, -0.05) is 18.6 Å². The maximum Gasteiger partial charge on any atom is 0.133 e. The molecule has 2 rings (SSSR count). The smallest absolute Gasteiger partial charge is 0.133 e. The van der Waals surface area contributed by atoms with Gasteiger partial charge in [-0.3, -0.25) is 0 Å². The summed E-state index contributed by atoms with van der Waals surface area (Å²) in [6, 6.07) is 0.809. The van der Waals surface area contributed by atoms with Crippen LogP contribution in [0.15, 0.2) is 0 Å². The molecule has 2 aliphatic rings. The summed E-state index contributed by atoms with van der Waals surface area (Å²) in [5.41, 5.74) is 0. The third-order valence-electron chi connectivity index (χ3n) is 3.64. The number of hydrogen-bond acceptors (Lipinski definition) is 2. The van der Waals surface area contributed by atoms with Crippen LogP contribution in [-0.2, 0) is 20.1 Å². The monoisotopic (exact) mass is 343 g/mol. The second-order valence-corrected chi connectivity index (χ2v) is 5.71. The molecule has 93 valence electrons. The van der Waals surface area contributed by atoms with Gasteiger partial charge in [0.05, 0.1) is 0 Å². The van der Waals surface area contributed by atoms with Crippen molar-refractivity contribution in [1.29, 1.82) is 0 Å². The van der Waals surface area contributed by atoms with Gasteiger partial charge in [-0.15, -0.1) is 12.6 Å². The van der Waals surface area contributed by atoms with Crippen LogP contribution < -0.4 is 0 Å². The van der Waals surface area contributed by atoms with Crippen LogP contribution in [0.25, 0.3) is 0 Å². The molecule has 0 aromatic carbocycles. The van der Waals surface area contributed by atoms with Gasteiger partial charge in [0, 0.05) is 39.2 Å². The van der Waals surface area contributed by atoms with Crippen LogP contribution >= 0.6 is 24.8 Å². The molecule has 0 aromatic heterocycles. The zero-order chi connectivity index (χ0) is 10.7. The van der Waals surface area contributed by atoms with E-state index in [1.165, 1.54) is 45.2 Å². The molecule has 2 nitrogen and oxygen atoms in total. The van der Waals surface area contributed by atoms with E-state index in [0.717, 1.165) is 23.5 Å². The number of piperidine rings is 2. The van der Waals surface area contributed by atoms with Crippen molar-refractivity contribution in [3.63, 3.8) is 0 Å². The van der Waals surface area contributed by atoms with Crippen LogP contribution in [0, 0.1) is 0 Å². The first kappa shape index (κ1) is 14.9. The van der Waals surface area contributed by atoms with Gasteiger partial charge in [0.15, 0.2) is 0 Å². The van der Waals surface area contributed by atoms with Gasteiger partial charge in [0.25, 0.3) is 0 Å². The fourth-order valence-electron chi connectivity index (χ4n) is 2.71. The number of nitrogens with zero attached hydrogens (tertiary/aromatic N) is 2. The van der Waals surface area contributed by atoms with Gasteiger partial charge in [0.1, 0.15) is 4.32 Å². The van der Waals surface area contributed by atoms with E-state index in [1.54, 1.807) is 0 Å². The molecule has 0 bridgehead atoms. The molecule has 2 heterocycles. The number of thiocarbonyl (C=S) groups is 1. The number of thiol groups is 1. The Bertz CT molecular complexity index is 224. The van der Waals surface area contributed by atoms with Crippen molar-refractivity contribution in [2.24, 2.45) is 0 Å². The van der Waals surface area contributed by atoms with Gasteiger partial charge in [-0.2, -0.15) is 0 Å². The summed E-state index contributed by atoms with van der Waals surface area (Å²) in [5.74, 6) is 0. The SMILES string of the molecule is S=C(S)N1CCC(N2CCCCC2)CC1.[99Tc]. The van der Waals surface area contributed by atoms with E-state index < -0.39 is 0 Å². The second-order valence-electron chi connectivity index (χ2n) is 4.60. The Kier molecular flexibility index (Phi) is 6.82. The number of hydrogen-bond donors (Lipinski definition) is 1. The maximum absolute atomic E-state index is 5.09. The average molecular weight is 343 g/mol. The van der Waals surface area contributed by atoms with Crippen LogP contribution in [0.3, 0.4) is 0 Å². The van der Waals surface area contributed by atoms with Crippen LogP contribution in [0.4, 0.5) is 0 Å². The van der Waals surface area contributed by atoms with E-state index in [9.17, 15) is 0 Å². The molecule has 2 aliphatic heterocycles. The molecule has 0 saturated carbocycles. The average Bonchev–Trinajstić information content (AvgIpc) is 2.30. The first-order chi connectivity index (χ1) is 7.27. The Morgan fingerprint density at radius 2 is 1.56 bits per heavy atom. The molecule has 16 heavy (non-hydrogen) atoms. The van der Waals surface area contributed by atoms with E-state index in [0.29, 0.717) is 0 Å². The number of likely N-dealkylation sites (tertiary alicyclic amines) is 2. The molecular formula is C11H20N2S2Tc. The quantitative estimate of drug-likeness (QED) is 0.576. The normalized spacial score (nSPS) is 23.9. The third kappa shape index (κ3) is 3.95. The number of rotatable bonds is 1. The summed E-state index contributed by atoms with van der Waals surface area (Å²) < 4.78 is 0.770. The van der Waals surface area contributed by atoms with Crippen molar-refractivity contribution < 1.29 is 20.1 Å². The van der Waals surface area contributed by atoms with Gasteiger partial charge in [0.2, 0.25) is 0 Å². The Morgan fingerprint density at radius 1 is 1.00 bits per heavy atom. The molecule has 5 heteroatoms. The Balaban J connectivity index is 0.00000128. The third-order valence-corrected chi connectivity index (χ3v) is 4.18. The Hall–Kier alpha value is 0.849. The molecule has 0 spiro atoms. The largest absolute Gasteiger partial charge is 0.358 e. The summed E-state index contributed by atoms with van der Waals surface area (Å²) in [4.78, 5) is 4.90. The van der Waals surface area contributed by atoms with Gasteiger partial charge < -0.3 is 9.80 Å². The van der Waals surface area contributed by atoms with Crippen molar-refractivity contribution >= 4 is 29.2 Å². The summed E-state index contributed by atoms with van der Waals surface area (Å²) in [5, 5.41) is 0. The van der Waals surface area contributed by atoms with E-state index in [-0.39, 0.29) is 20.1 Å². The fourth-order valence-corrected chi connectivity index (χ4v) is 3.09. The molecule has 0 aliphatic carbocycles. The summed E-state index contributed by atoms with van der Waals surface area (Å²) in [7, 11) is 0. The predicted octanol–water partition coefficient (Wildman–Crippen LogP) is 2.15. The van der Waals surface area contributed by atoms with Crippen LogP contribution in [-0.4, -0.2) is 46.3 Å². The van der Waals surface area contributed by atoms with E-state index >= 15 is 0 Å². The van der Waals surface area contributed by atoms with Crippen molar-refractivity contribution in [2.45, 2.75) is 38.1 Å². The molecule has 0 atom stereocenters. The molecule has 0 unspecified atom stereocenters. The molecule has 2 fully saturated rings. The Morgan fingerprint density at radius 3 is 2.06 bits per heavy atom. The second kappa shape index (κ2) is 7.32. The Labute approximate surface area is 123 Å². The standard InChI is InChI=1S/C11H20N2S2.Tc/c14-11(15)13-8-4-10(5-9-13)12-6-2-1-3-7-12;/h10H,1-9H2,(H,14,15);/i;1+1. The molecule has 0 aromatic rings. The van der Waals surface area contributed by atoms with E-state index in [2.05, 4.69) is 22.4 Å². The van der Waals surface area contributed by atoms with E-state index in [1.807, 2.05) is 0 Å². The topological polar surface area (TPSA) is 6.48 Å². The van der Waals surface area contributed by atoms with Crippen molar-refractivity contribution in [2.75, 3.05) is 26.2 Å². The van der Waals surface area contributed by atoms with Crippen LogP contribution in [0.5, 0.6) is 0 Å². The van der Waals surface area contributed by atoms with Crippen molar-refractivity contribution in [3.05, 3.63) is 0 Å². The van der Waals surface area contributed by atoms with E-state index in [4.69, 9.17) is 12.2 Å².